The van der Waals surface area contributed by atoms with Gasteiger partial charge in [0.05, 0.1) is 13.7 Å². The number of carbonyl (C=O) groups excluding carboxylic acids is 2. The van der Waals surface area contributed by atoms with Gasteiger partial charge in [-0.2, -0.15) is 0 Å². The number of aromatic nitrogens is 1. The number of nitrogens with zero attached hydrogens (tertiary/aromatic N) is 2. The number of esters is 1. The summed E-state index contributed by atoms with van der Waals surface area (Å²) in [6, 6.07) is 0. The van der Waals surface area contributed by atoms with Gasteiger partial charge < -0.3 is 14.1 Å². The number of unbranched alkanes of at least 4 members (excludes halogenated alkanes) is 2. The number of amides is 1. The highest BCUT2D eigenvalue weighted by molar-refractivity contribution is 5.86. The molecule has 1 heterocycles. The topological polar surface area (TPSA) is 72.6 Å². The molecule has 6 heteroatoms. The third kappa shape index (κ3) is 8.02. The van der Waals surface area contributed by atoms with Crippen molar-refractivity contribution < 1.29 is 18.7 Å². The first-order valence-corrected chi connectivity index (χ1v) is 9.46. The van der Waals surface area contributed by atoms with Crippen LogP contribution in [0.3, 0.4) is 0 Å². The van der Waals surface area contributed by atoms with E-state index in [1.807, 2.05) is 0 Å². The van der Waals surface area contributed by atoms with Crippen molar-refractivity contribution >= 4 is 11.9 Å². The van der Waals surface area contributed by atoms with Crippen molar-refractivity contribution in [2.45, 2.75) is 73.3 Å². The van der Waals surface area contributed by atoms with Crippen LogP contribution >= 0.6 is 0 Å². The van der Waals surface area contributed by atoms with E-state index in [0.29, 0.717) is 24.8 Å². The fourth-order valence-corrected chi connectivity index (χ4v) is 3.13. The Labute approximate surface area is 157 Å². The maximum absolute atomic E-state index is 12.8. The first kappa shape index (κ1) is 22.2. The molecule has 0 aliphatic heterocycles. The largest absolute Gasteiger partial charge is 0.464 e. The fourth-order valence-electron chi connectivity index (χ4n) is 3.13. The summed E-state index contributed by atoms with van der Waals surface area (Å²) in [5.41, 5.74) is 0.328. The quantitative estimate of drug-likeness (QED) is 0.452. The van der Waals surface area contributed by atoms with Crippen LogP contribution in [-0.2, 0) is 16.1 Å². The van der Waals surface area contributed by atoms with Crippen LogP contribution < -0.4 is 0 Å². The molecular formula is C20H34N2O4. The average Bonchev–Trinajstić information content (AvgIpc) is 3.00. The summed E-state index contributed by atoms with van der Waals surface area (Å²) >= 11 is 0. The van der Waals surface area contributed by atoms with Crippen molar-refractivity contribution in [1.82, 2.24) is 9.88 Å². The van der Waals surface area contributed by atoms with Gasteiger partial charge in [-0.25, -0.2) is 9.78 Å². The normalized spacial score (nSPS) is 12.7. The molecule has 1 aromatic rings. The van der Waals surface area contributed by atoms with Crippen LogP contribution in [0.25, 0.3) is 0 Å². The average molecular weight is 367 g/mol. The second kappa shape index (κ2) is 10.3. The number of rotatable bonds is 10. The molecule has 0 saturated heterocycles. The Morgan fingerprint density at radius 1 is 1.31 bits per heavy atom. The number of ether oxygens (including phenoxy) is 1. The lowest BCUT2D eigenvalue weighted by Gasteiger charge is -2.26. The van der Waals surface area contributed by atoms with Crippen LogP contribution in [0.15, 0.2) is 10.7 Å². The number of methoxy groups -OCH3 is 1. The van der Waals surface area contributed by atoms with Gasteiger partial charge >= 0.3 is 5.97 Å². The minimum Gasteiger partial charge on any atom is -0.464 e. The van der Waals surface area contributed by atoms with Crippen LogP contribution in [0.2, 0.25) is 0 Å². The Morgan fingerprint density at radius 3 is 2.58 bits per heavy atom. The van der Waals surface area contributed by atoms with Crippen molar-refractivity contribution in [2.24, 2.45) is 11.3 Å². The van der Waals surface area contributed by atoms with E-state index in [-0.39, 0.29) is 23.6 Å². The second-order valence-corrected chi connectivity index (χ2v) is 8.21. The molecule has 148 valence electrons. The predicted molar refractivity (Wildman–Crippen MR) is 101 cm³/mol. The lowest BCUT2D eigenvalue weighted by atomic mass is 9.84. The summed E-state index contributed by atoms with van der Waals surface area (Å²) in [7, 11) is 1.30. The van der Waals surface area contributed by atoms with Crippen LogP contribution in [-0.4, -0.2) is 35.4 Å². The minimum atomic E-state index is -0.539. The van der Waals surface area contributed by atoms with E-state index < -0.39 is 5.97 Å². The number of hydrogen-bond acceptors (Lipinski definition) is 5. The van der Waals surface area contributed by atoms with Crippen molar-refractivity contribution in [3.05, 3.63) is 17.8 Å². The van der Waals surface area contributed by atoms with Crippen molar-refractivity contribution in [1.29, 1.82) is 0 Å². The van der Waals surface area contributed by atoms with Gasteiger partial charge in [-0.15, -0.1) is 0 Å². The smallest absolute Gasteiger partial charge is 0.360 e. The van der Waals surface area contributed by atoms with E-state index in [1.165, 1.54) is 13.4 Å². The van der Waals surface area contributed by atoms with Crippen molar-refractivity contribution in [3.63, 3.8) is 0 Å². The van der Waals surface area contributed by atoms with Gasteiger partial charge in [-0.3, -0.25) is 4.79 Å². The SMILES string of the molecule is CCCCCN(Cc1nc(C(=O)OC)co1)C(=O)C[C@H](C)CC(C)(C)C. The van der Waals surface area contributed by atoms with Crippen LogP contribution in [0, 0.1) is 11.3 Å². The van der Waals surface area contributed by atoms with E-state index in [4.69, 9.17) is 4.42 Å². The van der Waals surface area contributed by atoms with Gasteiger partial charge in [0, 0.05) is 13.0 Å². The zero-order valence-electron chi connectivity index (χ0n) is 17.1. The lowest BCUT2D eigenvalue weighted by Crippen LogP contribution is -2.33. The van der Waals surface area contributed by atoms with E-state index in [9.17, 15) is 9.59 Å². The van der Waals surface area contributed by atoms with Crippen LogP contribution in [0.1, 0.15) is 83.1 Å². The Hall–Kier alpha value is -1.85. The maximum atomic E-state index is 12.8. The predicted octanol–water partition coefficient (Wildman–Crippen LogP) is 4.44. The molecule has 0 aliphatic carbocycles. The molecule has 6 nitrogen and oxygen atoms in total. The minimum absolute atomic E-state index is 0.107. The van der Waals surface area contributed by atoms with Gasteiger partial charge in [0.2, 0.25) is 11.8 Å². The molecule has 0 spiro atoms. The molecule has 1 rings (SSSR count). The molecule has 1 amide bonds. The molecule has 0 unspecified atom stereocenters. The van der Waals surface area contributed by atoms with E-state index in [0.717, 1.165) is 25.7 Å². The molecular weight excluding hydrogens is 332 g/mol. The first-order valence-electron chi connectivity index (χ1n) is 9.46. The van der Waals surface area contributed by atoms with Gasteiger partial charge in [-0.05, 0) is 24.2 Å². The van der Waals surface area contributed by atoms with Crippen LogP contribution in [0.4, 0.5) is 0 Å². The van der Waals surface area contributed by atoms with E-state index in [1.54, 1.807) is 4.90 Å². The summed E-state index contributed by atoms with van der Waals surface area (Å²) < 4.78 is 9.99. The molecule has 0 saturated carbocycles. The standard InChI is InChI=1S/C20H34N2O4/c1-7-8-9-10-22(18(23)11-15(2)12-20(3,4)5)13-17-21-16(14-26-17)19(24)25-6/h14-15H,7-13H2,1-6H3/t15-/m0/s1. The van der Waals surface area contributed by atoms with Gasteiger partial charge in [0.1, 0.15) is 6.26 Å². The number of hydrogen-bond donors (Lipinski definition) is 0. The van der Waals surface area contributed by atoms with E-state index >= 15 is 0 Å². The molecule has 26 heavy (non-hydrogen) atoms. The third-order valence-electron chi connectivity index (χ3n) is 4.14. The van der Waals surface area contributed by atoms with Crippen molar-refractivity contribution in [2.75, 3.05) is 13.7 Å². The van der Waals surface area contributed by atoms with Gasteiger partial charge in [0.25, 0.3) is 0 Å². The summed E-state index contributed by atoms with van der Waals surface area (Å²) in [4.78, 5) is 30.2. The molecule has 0 N–H and O–H groups in total. The number of oxazole rings is 1. The summed E-state index contributed by atoms with van der Waals surface area (Å²) in [6.45, 7) is 11.8. The maximum Gasteiger partial charge on any atom is 0.360 e. The Kier molecular flexibility index (Phi) is 8.82. The highest BCUT2D eigenvalue weighted by Crippen LogP contribution is 2.26. The highest BCUT2D eigenvalue weighted by Gasteiger charge is 2.23. The van der Waals surface area contributed by atoms with Crippen LogP contribution in [0.5, 0.6) is 0 Å². The second-order valence-electron chi connectivity index (χ2n) is 8.21. The molecule has 1 aromatic heterocycles. The Bertz CT molecular complexity index is 575. The monoisotopic (exact) mass is 366 g/mol. The Morgan fingerprint density at radius 2 is 2.00 bits per heavy atom. The highest BCUT2D eigenvalue weighted by atomic mass is 16.5. The summed E-state index contributed by atoms with van der Waals surface area (Å²) in [6.07, 6.45) is 5.88. The zero-order chi connectivity index (χ0) is 19.7. The van der Waals surface area contributed by atoms with Crippen molar-refractivity contribution in [3.8, 4) is 0 Å². The first-order chi connectivity index (χ1) is 12.2. The fraction of sp³-hybridized carbons (Fsp3) is 0.750. The molecule has 0 aromatic carbocycles. The molecule has 0 aliphatic rings. The lowest BCUT2D eigenvalue weighted by molar-refractivity contribution is -0.133. The summed E-state index contributed by atoms with van der Waals surface area (Å²) in [5.74, 6) is 0.239. The van der Waals surface area contributed by atoms with E-state index in [2.05, 4.69) is 44.3 Å². The summed E-state index contributed by atoms with van der Waals surface area (Å²) in [5, 5.41) is 0. The Balaban J connectivity index is 2.75. The van der Waals surface area contributed by atoms with Gasteiger partial charge in [0.15, 0.2) is 5.69 Å². The third-order valence-corrected chi connectivity index (χ3v) is 4.14. The number of carbonyl (C=O) groups is 2. The molecule has 0 fully saturated rings. The molecule has 0 radical (unpaired) electrons. The molecule has 1 atom stereocenters. The zero-order valence-corrected chi connectivity index (χ0v) is 17.1. The molecule has 0 bridgehead atoms. The van der Waals surface area contributed by atoms with Gasteiger partial charge in [-0.1, -0.05) is 47.5 Å².